The molecule has 1 unspecified atom stereocenters. The Hall–Kier alpha value is -0.780. The largest absolute Gasteiger partial charge is 0.468 e. The molecule has 1 rings (SSSR count). The summed E-state index contributed by atoms with van der Waals surface area (Å²) in [4.78, 5) is 15.2. The molecule has 94 valence electrons. The molecular formula is C11H15ClN2O2S. The molecule has 0 aliphatic heterocycles. The standard InChI is InChI=1S/C11H15ClN2O2S/c1-16-11(15)10(13)3-5-17-7-9-6-8(12)2-4-14-9/h2,4,6,10H,3,5,7,13H2,1H3. The van der Waals surface area contributed by atoms with E-state index in [9.17, 15) is 4.79 Å². The summed E-state index contributed by atoms with van der Waals surface area (Å²) in [5.41, 5.74) is 6.53. The Bertz CT molecular complexity index is 376. The van der Waals surface area contributed by atoms with Crippen LogP contribution < -0.4 is 5.73 Å². The van der Waals surface area contributed by atoms with Crippen LogP contribution in [0.2, 0.25) is 5.02 Å². The van der Waals surface area contributed by atoms with Crippen molar-refractivity contribution in [2.45, 2.75) is 18.2 Å². The van der Waals surface area contributed by atoms with Crippen molar-refractivity contribution in [3.8, 4) is 0 Å². The number of thioether (sulfide) groups is 1. The number of nitrogens with two attached hydrogens (primary N) is 1. The number of aromatic nitrogens is 1. The number of carbonyl (C=O) groups excluding carboxylic acids is 1. The summed E-state index contributed by atoms with van der Waals surface area (Å²) < 4.78 is 4.54. The molecule has 0 amide bonds. The van der Waals surface area contributed by atoms with E-state index in [-0.39, 0.29) is 5.97 Å². The zero-order chi connectivity index (χ0) is 12.7. The lowest BCUT2D eigenvalue weighted by Gasteiger charge is -2.08. The van der Waals surface area contributed by atoms with Crippen LogP contribution in [0.1, 0.15) is 12.1 Å². The Balaban J connectivity index is 2.22. The number of esters is 1. The zero-order valence-electron chi connectivity index (χ0n) is 9.56. The molecule has 1 aromatic heterocycles. The van der Waals surface area contributed by atoms with E-state index in [1.165, 1.54) is 7.11 Å². The summed E-state index contributed by atoms with van der Waals surface area (Å²) in [5.74, 6) is 1.17. The van der Waals surface area contributed by atoms with Crippen molar-refractivity contribution >= 4 is 29.3 Å². The molecule has 0 saturated carbocycles. The fourth-order valence-corrected chi connectivity index (χ4v) is 2.30. The van der Waals surface area contributed by atoms with Gasteiger partial charge in [0.15, 0.2) is 0 Å². The molecule has 17 heavy (non-hydrogen) atoms. The van der Waals surface area contributed by atoms with Gasteiger partial charge in [-0.25, -0.2) is 0 Å². The highest BCUT2D eigenvalue weighted by molar-refractivity contribution is 7.98. The minimum absolute atomic E-state index is 0.369. The highest BCUT2D eigenvalue weighted by Crippen LogP contribution is 2.15. The van der Waals surface area contributed by atoms with E-state index >= 15 is 0 Å². The summed E-state index contributed by atoms with van der Waals surface area (Å²) >= 11 is 7.50. The summed E-state index contributed by atoms with van der Waals surface area (Å²) in [6, 6.07) is 3.03. The van der Waals surface area contributed by atoms with Gasteiger partial charge in [0.05, 0.1) is 12.8 Å². The molecule has 1 aromatic rings. The van der Waals surface area contributed by atoms with Crippen LogP contribution in [0.3, 0.4) is 0 Å². The number of pyridine rings is 1. The van der Waals surface area contributed by atoms with E-state index in [0.717, 1.165) is 17.2 Å². The first kappa shape index (κ1) is 14.3. The number of hydrogen-bond acceptors (Lipinski definition) is 5. The average molecular weight is 275 g/mol. The van der Waals surface area contributed by atoms with Crippen LogP contribution in [0.5, 0.6) is 0 Å². The van der Waals surface area contributed by atoms with E-state index in [0.29, 0.717) is 11.4 Å². The lowest BCUT2D eigenvalue weighted by Crippen LogP contribution is -2.31. The number of hydrogen-bond donors (Lipinski definition) is 1. The van der Waals surface area contributed by atoms with E-state index in [1.54, 1.807) is 24.0 Å². The van der Waals surface area contributed by atoms with Crippen molar-refractivity contribution < 1.29 is 9.53 Å². The summed E-state index contributed by atoms with van der Waals surface area (Å²) in [5, 5.41) is 0.682. The summed E-state index contributed by atoms with van der Waals surface area (Å²) in [6.07, 6.45) is 2.27. The third-order valence-corrected chi connectivity index (χ3v) is 3.37. The quantitative estimate of drug-likeness (QED) is 0.634. The van der Waals surface area contributed by atoms with Crippen LogP contribution in [-0.4, -0.2) is 29.9 Å². The minimum atomic E-state index is -0.542. The van der Waals surface area contributed by atoms with E-state index in [4.69, 9.17) is 17.3 Å². The van der Waals surface area contributed by atoms with Crippen LogP contribution >= 0.6 is 23.4 Å². The molecular weight excluding hydrogens is 260 g/mol. The van der Waals surface area contributed by atoms with Crippen LogP contribution in [0.4, 0.5) is 0 Å². The molecule has 0 aliphatic carbocycles. The lowest BCUT2D eigenvalue weighted by molar-refractivity contribution is -0.142. The summed E-state index contributed by atoms with van der Waals surface area (Å²) in [7, 11) is 1.34. The van der Waals surface area contributed by atoms with Crippen molar-refractivity contribution in [3.05, 3.63) is 29.0 Å². The Morgan fingerprint density at radius 1 is 1.71 bits per heavy atom. The van der Waals surface area contributed by atoms with Gasteiger partial charge in [-0.1, -0.05) is 11.6 Å². The van der Waals surface area contributed by atoms with Crippen LogP contribution in [0.15, 0.2) is 18.3 Å². The van der Waals surface area contributed by atoms with Crippen molar-refractivity contribution in [2.24, 2.45) is 5.73 Å². The molecule has 0 aliphatic rings. The fourth-order valence-electron chi connectivity index (χ4n) is 1.18. The Morgan fingerprint density at radius 3 is 3.12 bits per heavy atom. The smallest absolute Gasteiger partial charge is 0.322 e. The van der Waals surface area contributed by atoms with E-state index in [1.807, 2.05) is 6.07 Å². The molecule has 0 aromatic carbocycles. The monoisotopic (exact) mass is 274 g/mol. The number of rotatable bonds is 6. The first-order chi connectivity index (χ1) is 8.13. The maximum absolute atomic E-state index is 11.0. The highest BCUT2D eigenvalue weighted by atomic mass is 35.5. The van der Waals surface area contributed by atoms with Crippen molar-refractivity contribution in [1.82, 2.24) is 4.98 Å². The lowest BCUT2D eigenvalue weighted by atomic mass is 10.2. The average Bonchev–Trinajstić information content (AvgIpc) is 2.33. The first-order valence-electron chi connectivity index (χ1n) is 5.15. The molecule has 4 nitrogen and oxygen atoms in total. The maximum Gasteiger partial charge on any atom is 0.322 e. The third-order valence-electron chi connectivity index (χ3n) is 2.11. The molecule has 1 heterocycles. The molecule has 0 spiro atoms. The zero-order valence-corrected chi connectivity index (χ0v) is 11.1. The van der Waals surface area contributed by atoms with Gasteiger partial charge in [-0.05, 0) is 24.3 Å². The number of methoxy groups -OCH3 is 1. The molecule has 0 saturated heterocycles. The second-order valence-electron chi connectivity index (χ2n) is 3.44. The number of nitrogens with zero attached hydrogens (tertiary/aromatic N) is 1. The molecule has 0 bridgehead atoms. The van der Waals surface area contributed by atoms with Gasteiger partial charge in [-0.15, -0.1) is 0 Å². The fraction of sp³-hybridized carbons (Fsp3) is 0.455. The second-order valence-corrected chi connectivity index (χ2v) is 4.98. The summed E-state index contributed by atoms with van der Waals surface area (Å²) in [6.45, 7) is 0. The maximum atomic E-state index is 11.0. The van der Waals surface area contributed by atoms with Gasteiger partial charge < -0.3 is 10.5 Å². The van der Waals surface area contributed by atoms with Gasteiger partial charge >= 0.3 is 5.97 Å². The SMILES string of the molecule is COC(=O)C(N)CCSCc1cc(Cl)ccn1. The van der Waals surface area contributed by atoms with Gasteiger partial charge in [-0.3, -0.25) is 9.78 Å². The number of ether oxygens (including phenoxy) is 1. The molecule has 0 radical (unpaired) electrons. The van der Waals surface area contributed by atoms with E-state index < -0.39 is 6.04 Å². The predicted octanol–water partition coefficient (Wildman–Crippen LogP) is 1.86. The van der Waals surface area contributed by atoms with Gasteiger partial charge in [0, 0.05) is 17.0 Å². The Morgan fingerprint density at radius 2 is 2.47 bits per heavy atom. The molecule has 6 heteroatoms. The van der Waals surface area contributed by atoms with Gasteiger partial charge in [0.2, 0.25) is 0 Å². The number of carbonyl (C=O) groups is 1. The van der Waals surface area contributed by atoms with Crippen LogP contribution in [0.25, 0.3) is 0 Å². The van der Waals surface area contributed by atoms with Gasteiger partial charge in [-0.2, -0.15) is 11.8 Å². The Labute approximate surface area is 110 Å². The van der Waals surface area contributed by atoms with Crippen molar-refractivity contribution in [2.75, 3.05) is 12.9 Å². The van der Waals surface area contributed by atoms with Crippen molar-refractivity contribution in [1.29, 1.82) is 0 Å². The number of halogens is 1. The molecule has 1 atom stereocenters. The van der Waals surface area contributed by atoms with Crippen LogP contribution in [0, 0.1) is 0 Å². The second kappa shape index (κ2) is 7.53. The Kier molecular flexibility index (Phi) is 6.32. The molecule has 0 fully saturated rings. The topological polar surface area (TPSA) is 65.2 Å². The normalized spacial score (nSPS) is 12.2. The first-order valence-corrected chi connectivity index (χ1v) is 6.68. The van der Waals surface area contributed by atoms with Gasteiger partial charge in [0.1, 0.15) is 6.04 Å². The van der Waals surface area contributed by atoms with Crippen molar-refractivity contribution in [3.63, 3.8) is 0 Å². The highest BCUT2D eigenvalue weighted by Gasteiger charge is 2.12. The van der Waals surface area contributed by atoms with E-state index in [2.05, 4.69) is 9.72 Å². The third kappa shape index (κ3) is 5.39. The minimum Gasteiger partial charge on any atom is -0.468 e. The van der Waals surface area contributed by atoms with Gasteiger partial charge in [0.25, 0.3) is 0 Å². The van der Waals surface area contributed by atoms with Crippen LogP contribution in [-0.2, 0) is 15.3 Å². The molecule has 2 N–H and O–H groups in total. The predicted molar refractivity (Wildman–Crippen MR) is 70.0 cm³/mol.